The average molecular weight is 281 g/mol. The standard InChI is InChI=1S/C19H23NO/c1-4-14(2)17-11-7-8-12-18(17)20-19(21)13-16-10-6-5-9-15(16)3/h5-12,14H,4,13H2,1-3H3,(H,20,21)/t14-/m0/s1. The van der Waals surface area contributed by atoms with Crippen LogP contribution in [0.25, 0.3) is 0 Å². The zero-order chi connectivity index (χ0) is 15.2. The van der Waals surface area contributed by atoms with Crippen LogP contribution in [0.4, 0.5) is 5.69 Å². The summed E-state index contributed by atoms with van der Waals surface area (Å²) in [5.74, 6) is 0.486. The minimum Gasteiger partial charge on any atom is -0.326 e. The third-order valence-corrected chi connectivity index (χ3v) is 3.99. The van der Waals surface area contributed by atoms with Crippen molar-refractivity contribution in [1.29, 1.82) is 0 Å². The summed E-state index contributed by atoms with van der Waals surface area (Å²) in [6.45, 7) is 6.39. The molecule has 2 rings (SSSR count). The number of hydrogen-bond acceptors (Lipinski definition) is 1. The molecule has 0 bridgehead atoms. The molecule has 0 aliphatic rings. The maximum Gasteiger partial charge on any atom is 0.228 e. The number of carbonyl (C=O) groups excluding carboxylic acids is 1. The molecule has 0 unspecified atom stereocenters. The molecule has 0 saturated heterocycles. The summed E-state index contributed by atoms with van der Waals surface area (Å²) in [6.07, 6.45) is 1.48. The zero-order valence-electron chi connectivity index (χ0n) is 13.0. The van der Waals surface area contributed by atoms with Gasteiger partial charge in [0.05, 0.1) is 6.42 Å². The number of nitrogens with one attached hydrogen (secondary N) is 1. The molecule has 0 heterocycles. The largest absolute Gasteiger partial charge is 0.326 e. The quantitative estimate of drug-likeness (QED) is 0.846. The summed E-state index contributed by atoms with van der Waals surface area (Å²) in [5.41, 5.74) is 4.38. The molecule has 0 spiro atoms. The van der Waals surface area contributed by atoms with Gasteiger partial charge in [-0.3, -0.25) is 4.79 Å². The lowest BCUT2D eigenvalue weighted by Gasteiger charge is -2.16. The van der Waals surface area contributed by atoms with Gasteiger partial charge in [-0.25, -0.2) is 0 Å². The SMILES string of the molecule is CC[C@H](C)c1ccccc1NC(=O)Cc1ccccc1C. The molecule has 0 aromatic heterocycles. The van der Waals surface area contributed by atoms with Crippen molar-refractivity contribution in [2.24, 2.45) is 0 Å². The molecule has 1 N–H and O–H groups in total. The van der Waals surface area contributed by atoms with Gasteiger partial charge in [-0.15, -0.1) is 0 Å². The van der Waals surface area contributed by atoms with Crippen LogP contribution >= 0.6 is 0 Å². The monoisotopic (exact) mass is 281 g/mol. The fourth-order valence-electron chi connectivity index (χ4n) is 2.44. The highest BCUT2D eigenvalue weighted by molar-refractivity contribution is 5.93. The van der Waals surface area contributed by atoms with E-state index in [0.29, 0.717) is 12.3 Å². The number of benzene rings is 2. The van der Waals surface area contributed by atoms with Crippen LogP contribution in [-0.2, 0) is 11.2 Å². The highest BCUT2D eigenvalue weighted by Gasteiger charge is 2.11. The van der Waals surface area contributed by atoms with Crippen LogP contribution in [0.15, 0.2) is 48.5 Å². The zero-order valence-corrected chi connectivity index (χ0v) is 13.0. The van der Waals surface area contributed by atoms with Crippen molar-refractivity contribution in [2.75, 3.05) is 5.32 Å². The van der Waals surface area contributed by atoms with Crippen LogP contribution in [0.2, 0.25) is 0 Å². The van der Waals surface area contributed by atoms with E-state index >= 15 is 0 Å². The van der Waals surface area contributed by atoms with Crippen molar-refractivity contribution >= 4 is 11.6 Å². The maximum atomic E-state index is 12.3. The Kier molecular flexibility index (Phi) is 5.15. The predicted octanol–water partition coefficient (Wildman–Crippen LogP) is 4.69. The van der Waals surface area contributed by atoms with E-state index < -0.39 is 0 Å². The van der Waals surface area contributed by atoms with Gasteiger partial charge in [-0.05, 0) is 42.0 Å². The van der Waals surface area contributed by atoms with Crippen LogP contribution in [-0.4, -0.2) is 5.91 Å². The Balaban J connectivity index is 2.12. The Labute approximate surface area is 127 Å². The smallest absolute Gasteiger partial charge is 0.228 e. The Morgan fingerprint density at radius 1 is 1.10 bits per heavy atom. The van der Waals surface area contributed by atoms with Crippen LogP contribution in [0, 0.1) is 6.92 Å². The van der Waals surface area contributed by atoms with Gasteiger partial charge in [0.15, 0.2) is 0 Å². The van der Waals surface area contributed by atoms with Gasteiger partial charge >= 0.3 is 0 Å². The minimum atomic E-state index is 0.0417. The molecule has 2 aromatic rings. The number of para-hydroxylation sites is 1. The van der Waals surface area contributed by atoms with Gasteiger partial charge in [0.2, 0.25) is 5.91 Å². The maximum absolute atomic E-state index is 12.3. The Morgan fingerprint density at radius 2 is 1.76 bits per heavy atom. The first-order valence-electron chi connectivity index (χ1n) is 7.55. The molecule has 1 atom stereocenters. The first kappa shape index (κ1) is 15.3. The van der Waals surface area contributed by atoms with Crippen LogP contribution in [0.5, 0.6) is 0 Å². The van der Waals surface area contributed by atoms with E-state index in [2.05, 4.69) is 25.2 Å². The van der Waals surface area contributed by atoms with E-state index in [0.717, 1.165) is 23.2 Å². The number of anilines is 1. The second kappa shape index (κ2) is 7.07. The van der Waals surface area contributed by atoms with Crippen LogP contribution in [0.1, 0.15) is 42.9 Å². The molecule has 0 fully saturated rings. The summed E-state index contributed by atoms with van der Waals surface area (Å²) < 4.78 is 0. The van der Waals surface area contributed by atoms with Gasteiger partial charge in [-0.2, -0.15) is 0 Å². The Bertz CT molecular complexity index is 618. The average Bonchev–Trinajstić information content (AvgIpc) is 2.49. The van der Waals surface area contributed by atoms with Crippen molar-refractivity contribution in [3.8, 4) is 0 Å². The highest BCUT2D eigenvalue weighted by Crippen LogP contribution is 2.26. The normalized spacial score (nSPS) is 12.0. The van der Waals surface area contributed by atoms with E-state index in [1.165, 1.54) is 5.56 Å². The summed E-state index contributed by atoms with van der Waals surface area (Å²) in [7, 11) is 0. The molecule has 110 valence electrons. The topological polar surface area (TPSA) is 29.1 Å². The molecule has 0 radical (unpaired) electrons. The fourth-order valence-corrected chi connectivity index (χ4v) is 2.44. The number of aryl methyl sites for hydroxylation is 1. The second-order valence-corrected chi connectivity index (χ2v) is 5.55. The van der Waals surface area contributed by atoms with Crippen LogP contribution in [0.3, 0.4) is 0 Å². The van der Waals surface area contributed by atoms with Crippen molar-refractivity contribution < 1.29 is 4.79 Å². The first-order valence-corrected chi connectivity index (χ1v) is 7.55. The lowest BCUT2D eigenvalue weighted by molar-refractivity contribution is -0.115. The summed E-state index contributed by atoms with van der Waals surface area (Å²) in [4.78, 5) is 12.3. The molecule has 1 amide bonds. The van der Waals surface area contributed by atoms with Crippen molar-refractivity contribution in [3.63, 3.8) is 0 Å². The molecular weight excluding hydrogens is 258 g/mol. The Hall–Kier alpha value is -2.09. The van der Waals surface area contributed by atoms with E-state index in [9.17, 15) is 4.79 Å². The molecule has 0 aliphatic carbocycles. The Morgan fingerprint density at radius 3 is 2.48 bits per heavy atom. The molecule has 2 aromatic carbocycles. The van der Waals surface area contributed by atoms with Crippen molar-refractivity contribution in [1.82, 2.24) is 0 Å². The van der Waals surface area contributed by atoms with Crippen LogP contribution < -0.4 is 5.32 Å². The highest BCUT2D eigenvalue weighted by atomic mass is 16.1. The predicted molar refractivity (Wildman–Crippen MR) is 88.7 cm³/mol. The molecule has 0 saturated carbocycles. The number of amides is 1. The van der Waals surface area contributed by atoms with Gasteiger partial charge in [0, 0.05) is 5.69 Å². The van der Waals surface area contributed by atoms with E-state index in [-0.39, 0.29) is 5.91 Å². The summed E-state index contributed by atoms with van der Waals surface area (Å²) in [5, 5.41) is 3.06. The summed E-state index contributed by atoms with van der Waals surface area (Å²) in [6, 6.07) is 16.1. The lowest BCUT2D eigenvalue weighted by atomic mass is 9.96. The number of hydrogen-bond donors (Lipinski definition) is 1. The molecule has 0 aliphatic heterocycles. The molecular formula is C19H23NO. The third-order valence-electron chi connectivity index (χ3n) is 3.99. The van der Waals surface area contributed by atoms with E-state index in [4.69, 9.17) is 0 Å². The molecule has 2 heteroatoms. The first-order chi connectivity index (χ1) is 10.1. The van der Waals surface area contributed by atoms with Crippen molar-refractivity contribution in [3.05, 3.63) is 65.2 Å². The van der Waals surface area contributed by atoms with Gasteiger partial charge in [0.25, 0.3) is 0 Å². The van der Waals surface area contributed by atoms with Crippen molar-refractivity contribution in [2.45, 2.75) is 39.5 Å². The number of rotatable bonds is 5. The number of carbonyl (C=O) groups is 1. The third kappa shape index (κ3) is 3.94. The molecule has 21 heavy (non-hydrogen) atoms. The van der Waals surface area contributed by atoms with Gasteiger partial charge in [-0.1, -0.05) is 56.3 Å². The van der Waals surface area contributed by atoms with Gasteiger partial charge in [0.1, 0.15) is 0 Å². The van der Waals surface area contributed by atoms with Gasteiger partial charge < -0.3 is 5.32 Å². The van der Waals surface area contributed by atoms with E-state index in [1.807, 2.05) is 49.4 Å². The summed E-state index contributed by atoms with van der Waals surface area (Å²) >= 11 is 0. The van der Waals surface area contributed by atoms with E-state index in [1.54, 1.807) is 0 Å². The lowest BCUT2D eigenvalue weighted by Crippen LogP contribution is -2.16. The fraction of sp³-hybridized carbons (Fsp3) is 0.316. The second-order valence-electron chi connectivity index (χ2n) is 5.55. The molecule has 2 nitrogen and oxygen atoms in total. The minimum absolute atomic E-state index is 0.0417.